The van der Waals surface area contributed by atoms with E-state index in [4.69, 9.17) is 14.2 Å². The minimum atomic E-state index is -1.13. The zero-order valence-electron chi connectivity index (χ0n) is 39.8. The van der Waals surface area contributed by atoms with Crippen LogP contribution in [0.15, 0.2) is 72.9 Å². The van der Waals surface area contributed by atoms with Crippen LogP contribution in [0.25, 0.3) is 0 Å². The van der Waals surface area contributed by atoms with Crippen molar-refractivity contribution in [3.63, 3.8) is 0 Å². The standard InChI is InChI=1S/C53H91NO7/c1-6-8-10-12-14-16-18-20-22-24-26-28-29-31-33-35-37-39-41-43-51(55)60-48-49(47-59-46-45-50(53(57)58)54(3,4)5)61-52(56)44-42-40-38-36-34-32-30-27-25-23-21-19-17-15-13-11-9-7-2/h8,10,14,16,20,22,26-28,30-31,33,49-50H,6-7,9,11-13,15,17-19,21,23-25,29,32,34-48H2,1-5H3/b10-8+,16-14+,22-20+,28-26+,30-27+,33-31+. The molecule has 2 atom stereocenters. The lowest BCUT2D eigenvalue weighted by Crippen LogP contribution is -2.55. The molecule has 0 aliphatic heterocycles. The lowest BCUT2D eigenvalue weighted by atomic mass is 10.1. The maximum absolute atomic E-state index is 12.8. The molecule has 0 fully saturated rings. The molecule has 0 spiro atoms. The number of hydrogen-bond acceptors (Lipinski definition) is 7. The summed E-state index contributed by atoms with van der Waals surface area (Å²) in [7, 11) is 5.39. The molecule has 0 aromatic carbocycles. The van der Waals surface area contributed by atoms with E-state index in [1.165, 1.54) is 70.6 Å². The Morgan fingerprint density at radius 2 is 0.918 bits per heavy atom. The smallest absolute Gasteiger partial charge is 0.306 e. The molecule has 61 heavy (non-hydrogen) atoms. The molecule has 0 saturated carbocycles. The van der Waals surface area contributed by atoms with Crippen molar-refractivity contribution in [1.82, 2.24) is 0 Å². The summed E-state index contributed by atoms with van der Waals surface area (Å²) in [6.45, 7) is 4.51. The van der Waals surface area contributed by atoms with Gasteiger partial charge in [0.2, 0.25) is 0 Å². The van der Waals surface area contributed by atoms with E-state index in [2.05, 4.69) is 86.8 Å². The van der Waals surface area contributed by atoms with E-state index in [0.29, 0.717) is 12.8 Å². The van der Waals surface area contributed by atoms with E-state index in [1.54, 1.807) is 21.1 Å². The summed E-state index contributed by atoms with van der Waals surface area (Å²) in [5.74, 6) is -1.79. The highest BCUT2D eigenvalue weighted by Crippen LogP contribution is 2.14. The number of likely N-dealkylation sites (N-methyl/N-ethyl adjacent to an activating group) is 1. The first kappa shape index (κ1) is 57.8. The second-order valence-electron chi connectivity index (χ2n) is 17.3. The van der Waals surface area contributed by atoms with Gasteiger partial charge in [-0.15, -0.1) is 0 Å². The molecular weight excluding hydrogens is 763 g/mol. The Bertz CT molecular complexity index is 1230. The lowest BCUT2D eigenvalue weighted by Gasteiger charge is -2.34. The maximum atomic E-state index is 12.8. The molecule has 0 aliphatic rings. The summed E-state index contributed by atoms with van der Waals surface area (Å²) >= 11 is 0. The van der Waals surface area contributed by atoms with Crippen LogP contribution in [0.4, 0.5) is 0 Å². The van der Waals surface area contributed by atoms with Crippen molar-refractivity contribution < 1.29 is 38.2 Å². The second kappa shape index (κ2) is 43.4. The number of unbranched alkanes of at least 4 members (excludes halogenated alkanes) is 17. The molecule has 0 heterocycles. The zero-order valence-corrected chi connectivity index (χ0v) is 39.8. The Kier molecular flexibility index (Phi) is 41.1. The Hall–Kier alpha value is -3.23. The van der Waals surface area contributed by atoms with Gasteiger partial charge in [-0.25, -0.2) is 0 Å². The van der Waals surface area contributed by atoms with Gasteiger partial charge in [0.15, 0.2) is 6.10 Å². The number of aliphatic carboxylic acids is 1. The number of hydrogen-bond donors (Lipinski definition) is 0. The summed E-state index contributed by atoms with van der Waals surface area (Å²) in [4.78, 5) is 37.0. The number of carboxylic acids is 1. The van der Waals surface area contributed by atoms with Gasteiger partial charge in [-0.1, -0.05) is 164 Å². The first-order valence-electron chi connectivity index (χ1n) is 24.5. The Balaban J connectivity index is 4.37. The van der Waals surface area contributed by atoms with Gasteiger partial charge in [0.1, 0.15) is 12.6 Å². The fraction of sp³-hybridized carbons (Fsp3) is 0.717. The van der Waals surface area contributed by atoms with E-state index < -0.39 is 18.1 Å². The molecule has 0 aliphatic carbocycles. The molecule has 8 heteroatoms. The Labute approximate surface area is 374 Å². The van der Waals surface area contributed by atoms with E-state index in [1.807, 2.05) is 0 Å². The molecule has 0 aromatic rings. The van der Waals surface area contributed by atoms with Crippen LogP contribution < -0.4 is 5.11 Å². The molecule has 350 valence electrons. The minimum absolute atomic E-state index is 0.0236. The molecule has 0 amide bonds. The number of carbonyl (C=O) groups excluding carboxylic acids is 3. The Morgan fingerprint density at radius 3 is 1.39 bits per heavy atom. The number of nitrogens with zero attached hydrogens (tertiary/aromatic N) is 1. The number of esters is 2. The highest BCUT2D eigenvalue weighted by molar-refractivity contribution is 5.70. The summed E-state index contributed by atoms with van der Waals surface area (Å²) in [6, 6.07) is -0.736. The summed E-state index contributed by atoms with van der Waals surface area (Å²) < 4.78 is 17.2. The largest absolute Gasteiger partial charge is 0.544 e. The third-order valence-corrected chi connectivity index (χ3v) is 10.6. The SMILES string of the molecule is CC/C=C/C/C=C/C/C=C/C/C=C/C/C=C/CCCCCC(=O)OCC(COCCC(C(=O)[O-])[N+](C)(C)C)OC(=O)CCCCCCC/C=C/CCCCCCCCCCC. The summed E-state index contributed by atoms with van der Waals surface area (Å²) in [5.41, 5.74) is 0. The molecule has 2 unspecified atom stereocenters. The topological polar surface area (TPSA) is 102 Å². The van der Waals surface area contributed by atoms with Gasteiger partial charge in [-0.05, 0) is 83.5 Å². The predicted octanol–water partition coefficient (Wildman–Crippen LogP) is 12.6. The van der Waals surface area contributed by atoms with Gasteiger partial charge in [0.25, 0.3) is 0 Å². The van der Waals surface area contributed by atoms with Crippen molar-refractivity contribution in [3.8, 4) is 0 Å². The number of carbonyl (C=O) groups is 3. The zero-order chi connectivity index (χ0) is 44.9. The number of allylic oxidation sites excluding steroid dienone is 12. The van der Waals surface area contributed by atoms with Gasteiger partial charge >= 0.3 is 11.9 Å². The average molecular weight is 854 g/mol. The number of ether oxygens (including phenoxy) is 3. The monoisotopic (exact) mass is 854 g/mol. The maximum Gasteiger partial charge on any atom is 0.306 e. The third-order valence-electron chi connectivity index (χ3n) is 10.6. The molecule has 0 aromatic heterocycles. The summed E-state index contributed by atoms with van der Waals surface area (Å²) in [6.07, 6.45) is 55.0. The van der Waals surface area contributed by atoms with E-state index in [9.17, 15) is 19.5 Å². The average Bonchev–Trinajstić information content (AvgIpc) is 3.22. The van der Waals surface area contributed by atoms with Crippen LogP contribution in [0, 0.1) is 0 Å². The fourth-order valence-electron chi connectivity index (χ4n) is 6.80. The normalized spacial score (nSPS) is 13.5. The van der Waals surface area contributed by atoms with Crippen LogP contribution >= 0.6 is 0 Å². The molecule has 0 rings (SSSR count). The third kappa shape index (κ3) is 41.9. The van der Waals surface area contributed by atoms with Crippen molar-refractivity contribution in [2.24, 2.45) is 0 Å². The van der Waals surface area contributed by atoms with Crippen LogP contribution in [0.5, 0.6) is 0 Å². The van der Waals surface area contributed by atoms with Crippen molar-refractivity contribution in [2.75, 3.05) is 41.0 Å². The number of quaternary nitrogens is 1. The van der Waals surface area contributed by atoms with E-state index in [-0.39, 0.29) is 42.7 Å². The van der Waals surface area contributed by atoms with Gasteiger partial charge in [0.05, 0.1) is 40.3 Å². The molecular formula is C53H91NO7. The van der Waals surface area contributed by atoms with Gasteiger partial charge < -0.3 is 28.6 Å². The molecule has 0 radical (unpaired) electrons. The Morgan fingerprint density at radius 1 is 0.508 bits per heavy atom. The van der Waals surface area contributed by atoms with Crippen LogP contribution in [-0.4, -0.2) is 75.5 Å². The van der Waals surface area contributed by atoms with Gasteiger partial charge in [-0.2, -0.15) is 0 Å². The quantitative estimate of drug-likeness (QED) is 0.0260. The van der Waals surface area contributed by atoms with Crippen LogP contribution in [-0.2, 0) is 28.6 Å². The van der Waals surface area contributed by atoms with Gasteiger partial charge in [0, 0.05) is 19.3 Å². The summed E-state index contributed by atoms with van der Waals surface area (Å²) in [5, 5.41) is 11.6. The predicted molar refractivity (Wildman–Crippen MR) is 254 cm³/mol. The highest BCUT2D eigenvalue weighted by atomic mass is 16.6. The number of rotatable bonds is 43. The molecule has 0 N–H and O–H groups in total. The second-order valence-corrected chi connectivity index (χ2v) is 17.3. The van der Waals surface area contributed by atoms with Crippen molar-refractivity contribution >= 4 is 17.9 Å². The highest BCUT2D eigenvalue weighted by Gasteiger charge is 2.25. The van der Waals surface area contributed by atoms with Gasteiger partial charge in [-0.3, -0.25) is 9.59 Å². The number of carboxylic acid groups (broad SMARTS) is 1. The van der Waals surface area contributed by atoms with Crippen molar-refractivity contribution in [2.45, 2.75) is 206 Å². The van der Waals surface area contributed by atoms with Crippen molar-refractivity contribution in [3.05, 3.63) is 72.9 Å². The van der Waals surface area contributed by atoms with Crippen LogP contribution in [0.2, 0.25) is 0 Å². The minimum Gasteiger partial charge on any atom is -0.544 e. The first-order chi connectivity index (χ1) is 29.6. The first-order valence-corrected chi connectivity index (χ1v) is 24.5. The van der Waals surface area contributed by atoms with Crippen LogP contribution in [0.1, 0.15) is 194 Å². The van der Waals surface area contributed by atoms with Crippen molar-refractivity contribution in [1.29, 1.82) is 0 Å². The van der Waals surface area contributed by atoms with Crippen LogP contribution in [0.3, 0.4) is 0 Å². The van der Waals surface area contributed by atoms with E-state index >= 15 is 0 Å². The van der Waals surface area contributed by atoms with E-state index in [0.717, 1.165) is 89.9 Å². The fourth-order valence-corrected chi connectivity index (χ4v) is 6.80. The molecule has 0 saturated heterocycles. The molecule has 0 bridgehead atoms. The lowest BCUT2D eigenvalue weighted by molar-refractivity contribution is -0.889. The molecule has 8 nitrogen and oxygen atoms in total.